The molecule has 0 radical (unpaired) electrons. The lowest BCUT2D eigenvalue weighted by molar-refractivity contribution is -0.119. The fraction of sp³-hybridized carbons (Fsp3) is 0.368. The van der Waals surface area contributed by atoms with Crippen LogP contribution >= 0.6 is 11.3 Å². The second-order valence-electron chi connectivity index (χ2n) is 6.12. The maximum atomic E-state index is 12.7. The van der Waals surface area contributed by atoms with Gasteiger partial charge >= 0.3 is 5.97 Å². The Bertz CT molecular complexity index is 962. The van der Waals surface area contributed by atoms with E-state index in [-0.39, 0.29) is 4.90 Å². The lowest BCUT2D eigenvalue weighted by Crippen LogP contribution is -2.30. The van der Waals surface area contributed by atoms with Gasteiger partial charge in [0.15, 0.2) is 6.61 Å². The molecule has 0 unspecified atom stereocenters. The second-order valence-corrected chi connectivity index (χ2v) is 8.98. The largest absolute Gasteiger partial charge is 0.451 e. The first-order valence-electron chi connectivity index (χ1n) is 8.82. The van der Waals surface area contributed by atoms with Crippen LogP contribution in [0.15, 0.2) is 34.5 Å². The Kier molecular flexibility index (Phi) is 7.34. The van der Waals surface area contributed by atoms with E-state index >= 15 is 0 Å². The Balaban J connectivity index is 2.10. The number of nitrogens with zero attached hydrogens (tertiary/aromatic N) is 1. The highest BCUT2D eigenvalue weighted by Crippen LogP contribution is 2.23. The van der Waals surface area contributed by atoms with Crippen LogP contribution in [0.4, 0.5) is 5.69 Å². The molecule has 0 aliphatic carbocycles. The Morgan fingerprint density at radius 3 is 2.36 bits per heavy atom. The van der Waals surface area contributed by atoms with Gasteiger partial charge in [-0.1, -0.05) is 19.9 Å². The van der Waals surface area contributed by atoms with Crippen LogP contribution in [0.3, 0.4) is 0 Å². The minimum atomic E-state index is -3.64. The van der Waals surface area contributed by atoms with Gasteiger partial charge in [0.2, 0.25) is 10.0 Å². The number of hydrogen-bond acceptors (Lipinski definition) is 6. The summed E-state index contributed by atoms with van der Waals surface area (Å²) in [5.74, 6) is -1.10. The second kappa shape index (κ2) is 9.31. The van der Waals surface area contributed by atoms with E-state index in [1.165, 1.54) is 27.8 Å². The summed E-state index contributed by atoms with van der Waals surface area (Å²) in [4.78, 5) is 24.7. The number of hydrogen-bond donors (Lipinski definition) is 1. The summed E-state index contributed by atoms with van der Waals surface area (Å²) in [6.45, 7) is 7.33. The number of anilines is 1. The molecule has 1 N–H and O–H groups in total. The van der Waals surface area contributed by atoms with Gasteiger partial charge in [0, 0.05) is 18.8 Å². The zero-order valence-electron chi connectivity index (χ0n) is 16.3. The molecule has 28 heavy (non-hydrogen) atoms. The number of carbonyl (C=O) groups is 2. The molecule has 0 bridgehead atoms. The molecule has 0 spiro atoms. The standard InChI is InChI=1S/C19H24N2O5S2/c1-5-21(6-2)28(24,25)15-8-7-13(3)16(11-15)20-17(22)12-26-19(23)18-14(4)9-10-27-18/h7-11H,5-6,12H2,1-4H3,(H,20,22). The van der Waals surface area contributed by atoms with E-state index in [0.717, 1.165) is 5.56 Å². The minimum Gasteiger partial charge on any atom is -0.451 e. The summed E-state index contributed by atoms with van der Waals surface area (Å²) in [5.41, 5.74) is 1.86. The molecule has 0 saturated heterocycles. The predicted molar refractivity (Wildman–Crippen MR) is 109 cm³/mol. The van der Waals surface area contributed by atoms with Crippen molar-refractivity contribution in [2.24, 2.45) is 0 Å². The van der Waals surface area contributed by atoms with Crippen molar-refractivity contribution in [3.05, 3.63) is 45.6 Å². The van der Waals surface area contributed by atoms with Gasteiger partial charge in [-0.25, -0.2) is 13.2 Å². The number of ether oxygens (including phenoxy) is 1. The molecule has 0 fully saturated rings. The third kappa shape index (κ3) is 4.98. The first kappa shape index (κ1) is 22.1. The first-order valence-corrected chi connectivity index (χ1v) is 11.1. The van der Waals surface area contributed by atoms with E-state index in [9.17, 15) is 18.0 Å². The molecule has 7 nitrogen and oxygen atoms in total. The van der Waals surface area contributed by atoms with Crippen LogP contribution in [0.2, 0.25) is 0 Å². The number of sulfonamides is 1. The molecule has 0 aliphatic heterocycles. The first-order chi connectivity index (χ1) is 13.2. The lowest BCUT2D eigenvalue weighted by atomic mass is 10.2. The molecule has 2 aromatic rings. The van der Waals surface area contributed by atoms with Gasteiger partial charge in [-0.15, -0.1) is 11.3 Å². The molecule has 1 aromatic heterocycles. The monoisotopic (exact) mass is 424 g/mol. The van der Waals surface area contributed by atoms with Crippen molar-refractivity contribution in [3.8, 4) is 0 Å². The van der Waals surface area contributed by atoms with Crippen molar-refractivity contribution < 1.29 is 22.7 Å². The molecular formula is C19H24N2O5S2. The zero-order chi connectivity index (χ0) is 20.9. The Labute approximate surface area is 169 Å². The van der Waals surface area contributed by atoms with Crippen LogP contribution in [0.25, 0.3) is 0 Å². The van der Waals surface area contributed by atoms with E-state index in [1.807, 2.05) is 0 Å². The molecule has 1 heterocycles. The van der Waals surface area contributed by atoms with Crippen molar-refractivity contribution in [2.75, 3.05) is 25.0 Å². The van der Waals surface area contributed by atoms with Crippen LogP contribution < -0.4 is 5.32 Å². The highest BCUT2D eigenvalue weighted by molar-refractivity contribution is 7.89. The van der Waals surface area contributed by atoms with E-state index in [2.05, 4.69) is 5.32 Å². The van der Waals surface area contributed by atoms with E-state index < -0.39 is 28.5 Å². The predicted octanol–water partition coefficient (Wildman–Crippen LogP) is 3.19. The summed E-state index contributed by atoms with van der Waals surface area (Å²) < 4.78 is 31.7. The normalized spacial score (nSPS) is 11.5. The van der Waals surface area contributed by atoms with Crippen molar-refractivity contribution in [1.29, 1.82) is 0 Å². The SMILES string of the molecule is CCN(CC)S(=O)(=O)c1ccc(C)c(NC(=O)COC(=O)c2sccc2C)c1. The molecule has 0 aliphatic rings. The maximum Gasteiger partial charge on any atom is 0.349 e. The molecule has 1 amide bonds. The molecule has 2 rings (SSSR count). The minimum absolute atomic E-state index is 0.100. The average Bonchev–Trinajstić information content (AvgIpc) is 3.08. The van der Waals surface area contributed by atoms with Gasteiger partial charge in [-0.2, -0.15) is 4.31 Å². The Morgan fingerprint density at radius 1 is 1.11 bits per heavy atom. The van der Waals surface area contributed by atoms with Crippen molar-refractivity contribution >= 4 is 38.9 Å². The van der Waals surface area contributed by atoms with Crippen LogP contribution in [-0.4, -0.2) is 44.3 Å². The Hall–Kier alpha value is -2.23. The molecule has 1 aromatic carbocycles. The van der Waals surface area contributed by atoms with E-state index in [4.69, 9.17) is 4.74 Å². The number of aryl methyl sites for hydroxylation is 2. The highest BCUT2D eigenvalue weighted by Gasteiger charge is 2.22. The van der Waals surface area contributed by atoms with Gasteiger partial charge < -0.3 is 10.1 Å². The molecular weight excluding hydrogens is 400 g/mol. The van der Waals surface area contributed by atoms with Gasteiger partial charge in [0.25, 0.3) is 5.91 Å². The number of carbonyl (C=O) groups excluding carboxylic acids is 2. The maximum absolute atomic E-state index is 12.7. The van der Waals surface area contributed by atoms with Crippen LogP contribution in [0.1, 0.15) is 34.6 Å². The van der Waals surface area contributed by atoms with Gasteiger partial charge in [0.1, 0.15) is 4.88 Å². The summed E-state index contributed by atoms with van der Waals surface area (Å²) >= 11 is 1.25. The van der Waals surface area contributed by atoms with Gasteiger partial charge in [0.05, 0.1) is 4.90 Å². The van der Waals surface area contributed by atoms with Crippen molar-refractivity contribution in [1.82, 2.24) is 4.31 Å². The van der Waals surface area contributed by atoms with Crippen LogP contribution in [0.5, 0.6) is 0 Å². The van der Waals surface area contributed by atoms with Crippen LogP contribution in [-0.2, 0) is 19.6 Å². The fourth-order valence-corrected chi connectivity index (χ4v) is 4.88. The molecule has 9 heteroatoms. The van der Waals surface area contributed by atoms with Crippen LogP contribution in [0, 0.1) is 13.8 Å². The summed E-state index contributed by atoms with van der Waals surface area (Å²) in [7, 11) is -3.64. The summed E-state index contributed by atoms with van der Waals surface area (Å²) in [5, 5.41) is 4.39. The summed E-state index contributed by atoms with van der Waals surface area (Å²) in [6.07, 6.45) is 0. The third-order valence-corrected chi connectivity index (χ3v) is 7.25. The quantitative estimate of drug-likeness (QED) is 0.657. The van der Waals surface area contributed by atoms with Crippen molar-refractivity contribution in [2.45, 2.75) is 32.6 Å². The smallest absolute Gasteiger partial charge is 0.349 e. The van der Waals surface area contributed by atoms with E-state index in [0.29, 0.717) is 29.2 Å². The summed E-state index contributed by atoms with van der Waals surface area (Å²) in [6, 6.07) is 6.36. The molecule has 0 atom stereocenters. The van der Waals surface area contributed by atoms with Gasteiger partial charge in [-0.05, 0) is 48.6 Å². The molecule has 0 saturated carbocycles. The van der Waals surface area contributed by atoms with E-state index in [1.54, 1.807) is 45.2 Å². The average molecular weight is 425 g/mol. The zero-order valence-corrected chi connectivity index (χ0v) is 17.9. The number of amides is 1. The number of esters is 1. The number of nitrogens with one attached hydrogen (secondary N) is 1. The number of benzene rings is 1. The van der Waals surface area contributed by atoms with Gasteiger partial charge in [-0.3, -0.25) is 4.79 Å². The topological polar surface area (TPSA) is 92.8 Å². The fourth-order valence-electron chi connectivity index (χ4n) is 2.57. The number of rotatable bonds is 8. The number of thiophene rings is 1. The molecule has 152 valence electrons. The Morgan fingerprint density at radius 2 is 1.79 bits per heavy atom. The highest BCUT2D eigenvalue weighted by atomic mass is 32.2. The lowest BCUT2D eigenvalue weighted by Gasteiger charge is -2.19. The third-order valence-electron chi connectivity index (χ3n) is 4.21. The van der Waals surface area contributed by atoms with Crippen molar-refractivity contribution in [3.63, 3.8) is 0 Å².